The van der Waals surface area contributed by atoms with Crippen molar-refractivity contribution in [3.05, 3.63) is 44.6 Å². The molecule has 2 aromatic rings. The molecule has 0 spiro atoms. The summed E-state index contributed by atoms with van der Waals surface area (Å²) in [6.07, 6.45) is 0. The fraction of sp³-hybridized carbons (Fsp3) is 0.250. The van der Waals surface area contributed by atoms with Crippen LogP contribution in [0.25, 0.3) is 5.69 Å². The van der Waals surface area contributed by atoms with Gasteiger partial charge < -0.3 is 0 Å². The van der Waals surface area contributed by atoms with Crippen molar-refractivity contribution in [1.29, 1.82) is 0 Å². The SMILES string of the molecule is Cc1cc(Br)ccc1-n1nc(C)c(C)c1Cl. The Morgan fingerprint density at radius 2 is 1.94 bits per heavy atom. The minimum absolute atomic E-state index is 0.683. The lowest BCUT2D eigenvalue weighted by Gasteiger charge is -2.07. The van der Waals surface area contributed by atoms with Gasteiger partial charge in [-0.15, -0.1) is 0 Å². The molecule has 0 saturated carbocycles. The van der Waals surface area contributed by atoms with Gasteiger partial charge in [-0.05, 0) is 44.5 Å². The van der Waals surface area contributed by atoms with Crippen LogP contribution in [-0.4, -0.2) is 9.78 Å². The van der Waals surface area contributed by atoms with E-state index >= 15 is 0 Å². The molecule has 16 heavy (non-hydrogen) atoms. The van der Waals surface area contributed by atoms with Crippen LogP contribution in [0.3, 0.4) is 0 Å². The molecular formula is C12H12BrClN2. The number of rotatable bonds is 1. The van der Waals surface area contributed by atoms with Gasteiger partial charge in [0, 0.05) is 10.0 Å². The van der Waals surface area contributed by atoms with Crippen molar-refractivity contribution in [3.63, 3.8) is 0 Å². The monoisotopic (exact) mass is 298 g/mol. The summed E-state index contributed by atoms with van der Waals surface area (Å²) < 4.78 is 2.85. The van der Waals surface area contributed by atoms with E-state index in [1.54, 1.807) is 4.68 Å². The molecule has 1 heterocycles. The zero-order chi connectivity index (χ0) is 11.9. The molecule has 1 aromatic carbocycles. The van der Waals surface area contributed by atoms with E-state index in [1.807, 2.05) is 32.9 Å². The van der Waals surface area contributed by atoms with Gasteiger partial charge in [0.1, 0.15) is 5.15 Å². The van der Waals surface area contributed by atoms with Crippen LogP contribution in [0.1, 0.15) is 16.8 Å². The molecule has 2 nitrogen and oxygen atoms in total. The van der Waals surface area contributed by atoms with Crippen LogP contribution in [0.2, 0.25) is 5.15 Å². The average molecular weight is 300 g/mol. The molecule has 84 valence electrons. The van der Waals surface area contributed by atoms with Gasteiger partial charge in [0.2, 0.25) is 0 Å². The van der Waals surface area contributed by atoms with Gasteiger partial charge >= 0.3 is 0 Å². The Labute approximate surface area is 108 Å². The quantitative estimate of drug-likeness (QED) is 0.771. The molecule has 0 fully saturated rings. The number of hydrogen-bond donors (Lipinski definition) is 0. The maximum atomic E-state index is 6.25. The summed E-state index contributed by atoms with van der Waals surface area (Å²) in [6.45, 7) is 5.99. The van der Waals surface area contributed by atoms with E-state index in [2.05, 4.69) is 27.1 Å². The van der Waals surface area contributed by atoms with Crippen LogP contribution >= 0.6 is 27.5 Å². The first kappa shape index (κ1) is 11.7. The number of aryl methyl sites for hydroxylation is 2. The summed E-state index contributed by atoms with van der Waals surface area (Å²) in [5.41, 5.74) is 4.15. The van der Waals surface area contributed by atoms with Crippen LogP contribution in [0.4, 0.5) is 0 Å². The number of hydrogen-bond acceptors (Lipinski definition) is 1. The van der Waals surface area contributed by atoms with E-state index in [1.165, 1.54) is 0 Å². The third-order valence-corrected chi connectivity index (χ3v) is 3.61. The van der Waals surface area contributed by atoms with Crippen molar-refractivity contribution in [2.75, 3.05) is 0 Å². The van der Waals surface area contributed by atoms with Gasteiger partial charge in [-0.1, -0.05) is 27.5 Å². The molecule has 1 aromatic heterocycles. The molecule has 0 aliphatic heterocycles. The number of halogens is 2. The zero-order valence-electron chi connectivity index (χ0n) is 9.38. The fourth-order valence-corrected chi connectivity index (χ4v) is 2.33. The van der Waals surface area contributed by atoms with E-state index in [0.717, 1.165) is 27.0 Å². The summed E-state index contributed by atoms with van der Waals surface area (Å²) in [5.74, 6) is 0. The lowest BCUT2D eigenvalue weighted by Crippen LogP contribution is -1.99. The maximum Gasteiger partial charge on any atom is 0.136 e. The third-order valence-electron chi connectivity index (χ3n) is 2.68. The summed E-state index contributed by atoms with van der Waals surface area (Å²) in [6, 6.07) is 6.06. The highest BCUT2D eigenvalue weighted by Crippen LogP contribution is 2.25. The Balaban J connectivity index is 2.63. The van der Waals surface area contributed by atoms with E-state index in [0.29, 0.717) is 5.15 Å². The molecule has 0 unspecified atom stereocenters. The van der Waals surface area contributed by atoms with Crippen molar-refractivity contribution < 1.29 is 0 Å². The number of aromatic nitrogens is 2. The summed E-state index contributed by atoms with van der Waals surface area (Å²) in [7, 11) is 0. The second kappa shape index (κ2) is 4.22. The minimum atomic E-state index is 0.683. The highest BCUT2D eigenvalue weighted by Gasteiger charge is 2.12. The third kappa shape index (κ3) is 1.89. The second-order valence-electron chi connectivity index (χ2n) is 3.84. The first-order valence-corrected chi connectivity index (χ1v) is 6.16. The lowest BCUT2D eigenvalue weighted by atomic mass is 10.2. The van der Waals surface area contributed by atoms with E-state index in [9.17, 15) is 0 Å². The van der Waals surface area contributed by atoms with Gasteiger partial charge in [0.15, 0.2) is 0 Å². The summed E-state index contributed by atoms with van der Waals surface area (Å²) >= 11 is 9.69. The van der Waals surface area contributed by atoms with Crippen molar-refractivity contribution >= 4 is 27.5 Å². The Hall–Kier alpha value is -0.800. The number of benzene rings is 1. The van der Waals surface area contributed by atoms with Crippen molar-refractivity contribution in [2.24, 2.45) is 0 Å². The lowest BCUT2D eigenvalue weighted by molar-refractivity contribution is 0.856. The van der Waals surface area contributed by atoms with Crippen molar-refractivity contribution in [2.45, 2.75) is 20.8 Å². The molecule has 0 N–H and O–H groups in total. The Kier molecular flexibility index (Phi) is 3.08. The first-order valence-electron chi connectivity index (χ1n) is 4.99. The topological polar surface area (TPSA) is 17.8 Å². The molecule has 0 atom stereocenters. The molecule has 0 radical (unpaired) electrons. The fourth-order valence-electron chi connectivity index (χ4n) is 1.59. The second-order valence-corrected chi connectivity index (χ2v) is 5.12. The van der Waals surface area contributed by atoms with E-state index in [4.69, 9.17) is 11.6 Å². The molecule has 2 rings (SSSR count). The number of nitrogens with zero attached hydrogens (tertiary/aromatic N) is 2. The Morgan fingerprint density at radius 1 is 1.25 bits per heavy atom. The van der Waals surface area contributed by atoms with Gasteiger partial charge in [0.25, 0.3) is 0 Å². The summed E-state index contributed by atoms with van der Waals surface area (Å²) in [5, 5.41) is 5.12. The highest BCUT2D eigenvalue weighted by molar-refractivity contribution is 9.10. The smallest absolute Gasteiger partial charge is 0.136 e. The predicted octanol–water partition coefficient (Wildman–Crippen LogP) is 4.21. The largest absolute Gasteiger partial charge is 0.221 e. The van der Waals surface area contributed by atoms with Crippen molar-refractivity contribution in [1.82, 2.24) is 9.78 Å². The average Bonchev–Trinajstić information content (AvgIpc) is 2.46. The Morgan fingerprint density at radius 3 is 2.44 bits per heavy atom. The van der Waals surface area contributed by atoms with Gasteiger partial charge in [-0.3, -0.25) is 0 Å². The minimum Gasteiger partial charge on any atom is -0.221 e. The maximum absolute atomic E-state index is 6.25. The van der Waals surface area contributed by atoms with E-state index in [-0.39, 0.29) is 0 Å². The molecule has 0 bridgehead atoms. The van der Waals surface area contributed by atoms with Crippen LogP contribution in [-0.2, 0) is 0 Å². The molecule has 4 heteroatoms. The molecule has 0 aliphatic carbocycles. The van der Waals surface area contributed by atoms with Gasteiger partial charge in [0.05, 0.1) is 11.4 Å². The van der Waals surface area contributed by atoms with Crippen LogP contribution < -0.4 is 0 Å². The van der Waals surface area contributed by atoms with Crippen LogP contribution in [0.5, 0.6) is 0 Å². The molecular weight excluding hydrogens is 288 g/mol. The van der Waals surface area contributed by atoms with Gasteiger partial charge in [-0.25, -0.2) is 4.68 Å². The van der Waals surface area contributed by atoms with E-state index < -0.39 is 0 Å². The Bertz CT molecular complexity index is 546. The zero-order valence-corrected chi connectivity index (χ0v) is 11.7. The molecule has 0 aliphatic rings. The van der Waals surface area contributed by atoms with Crippen LogP contribution in [0, 0.1) is 20.8 Å². The molecule has 0 saturated heterocycles. The normalized spacial score (nSPS) is 10.8. The predicted molar refractivity (Wildman–Crippen MR) is 70.5 cm³/mol. The first-order chi connectivity index (χ1) is 7.50. The van der Waals surface area contributed by atoms with Gasteiger partial charge in [-0.2, -0.15) is 5.10 Å². The summed E-state index contributed by atoms with van der Waals surface area (Å²) in [4.78, 5) is 0. The highest BCUT2D eigenvalue weighted by atomic mass is 79.9. The van der Waals surface area contributed by atoms with Crippen molar-refractivity contribution in [3.8, 4) is 5.69 Å². The molecule has 0 amide bonds. The van der Waals surface area contributed by atoms with Crippen LogP contribution in [0.15, 0.2) is 22.7 Å². The standard InChI is InChI=1S/C12H12BrClN2/c1-7-6-10(13)4-5-11(7)16-12(14)8(2)9(3)15-16/h4-6H,1-3H3.